The molecule has 0 bridgehead atoms. The number of aromatic amines is 1. The molecule has 0 aliphatic carbocycles. The van der Waals surface area contributed by atoms with Gasteiger partial charge in [-0.15, -0.1) is 0 Å². The molecule has 0 aliphatic rings. The highest BCUT2D eigenvalue weighted by Gasteiger charge is 2.11. The molecule has 0 saturated carbocycles. The molecule has 114 valence electrons. The van der Waals surface area contributed by atoms with Crippen molar-refractivity contribution in [1.29, 1.82) is 0 Å². The van der Waals surface area contributed by atoms with E-state index < -0.39 is 9.84 Å². The molecule has 0 radical (unpaired) electrons. The summed E-state index contributed by atoms with van der Waals surface area (Å²) in [6.07, 6.45) is 1.14. The minimum atomic E-state index is -3.29. The van der Waals surface area contributed by atoms with Crippen molar-refractivity contribution in [3.05, 3.63) is 41.4 Å². The van der Waals surface area contributed by atoms with Gasteiger partial charge in [-0.1, -0.05) is 11.6 Å². The molecule has 0 fully saturated rings. The van der Waals surface area contributed by atoms with Crippen molar-refractivity contribution >= 4 is 44.1 Å². The van der Waals surface area contributed by atoms with Crippen LogP contribution in [0.1, 0.15) is 0 Å². The van der Waals surface area contributed by atoms with Crippen molar-refractivity contribution in [1.82, 2.24) is 9.97 Å². The van der Waals surface area contributed by atoms with Gasteiger partial charge >= 0.3 is 0 Å². The second kappa shape index (κ2) is 5.19. The number of nitrogens with one attached hydrogen (secondary N) is 2. The van der Waals surface area contributed by atoms with Gasteiger partial charge in [0.25, 0.3) is 0 Å². The number of halogens is 1. The standard InChI is InChI=1S/C14H12ClN3O3S/c1-22(20,21)9-3-4-10-11(7-9)17-14(16-10)18-12-6-8(15)2-5-13(12)19/h2-7,19H,1H3,(H2,16,17,18). The number of hydrogen-bond acceptors (Lipinski definition) is 5. The molecular formula is C14H12ClN3O3S. The molecule has 22 heavy (non-hydrogen) atoms. The van der Waals surface area contributed by atoms with E-state index in [1.165, 1.54) is 18.2 Å². The van der Waals surface area contributed by atoms with Crippen LogP contribution in [0.25, 0.3) is 11.0 Å². The molecule has 6 nitrogen and oxygen atoms in total. The van der Waals surface area contributed by atoms with Crippen LogP contribution >= 0.6 is 11.6 Å². The zero-order valence-corrected chi connectivity index (χ0v) is 13.0. The smallest absolute Gasteiger partial charge is 0.205 e. The number of phenolic OH excluding ortho intramolecular Hbond substituents is 1. The number of imidazole rings is 1. The second-order valence-corrected chi connectivity index (χ2v) is 7.28. The van der Waals surface area contributed by atoms with Crippen molar-refractivity contribution in [2.75, 3.05) is 11.6 Å². The third-order valence-electron chi connectivity index (χ3n) is 3.09. The van der Waals surface area contributed by atoms with Crippen LogP contribution in [0.3, 0.4) is 0 Å². The Morgan fingerprint density at radius 3 is 2.73 bits per heavy atom. The van der Waals surface area contributed by atoms with E-state index in [0.717, 1.165) is 6.26 Å². The zero-order valence-electron chi connectivity index (χ0n) is 11.5. The number of anilines is 2. The topological polar surface area (TPSA) is 95.1 Å². The van der Waals surface area contributed by atoms with Gasteiger partial charge < -0.3 is 15.4 Å². The number of sulfone groups is 1. The fourth-order valence-corrected chi connectivity index (χ4v) is 2.82. The lowest BCUT2D eigenvalue weighted by Gasteiger charge is -2.05. The molecule has 0 saturated heterocycles. The van der Waals surface area contributed by atoms with Crippen molar-refractivity contribution in [2.24, 2.45) is 0 Å². The first kappa shape index (κ1) is 14.7. The average Bonchev–Trinajstić information content (AvgIpc) is 2.83. The number of rotatable bonds is 3. The quantitative estimate of drug-likeness (QED) is 0.638. The summed E-state index contributed by atoms with van der Waals surface area (Å²) in [6, 6.07) is 9.24. The number of nitrogens with zero attached hydrogens (tertiary/aromatic N) is 1. The molecule has 3 N–H and O–H groups in total. The summed E-state index contributed by atoms with van der Waals surface area (Å²) in [5.74, 6) is 0.403. The van der Waals surface area contributed by atoms with Crippen molar-refractivity contribution < 1.29 is 13.5 Å². The Morgan fingerprint density at radius 2 is 2.00 bits per heavy atom. The Balaban J connectivity index is 2.00. The Morgan fingerprint density at radius 1 is 1.23 bits per heavy atom. The first-order valence-electron chi connectivity index (χ1n) is 6.28. The summed E-state index contributed by atoms with van der Waals surface area (Å²) < 4.78 is 23.1. The third kappa shape index (κ3) is 2.86. The van der Waals surface area contributed by atoms with E-state index >= 15 is 0 Å². The Labute approximate surface area is 131 Å². The van der Waals surface area contributed by atoms with Gasteiger partial charge in [-0.2, -0.15) is 0 Å². The largest absolute Gasteiger partial charge is 0.506 e. The molecule has 2 aromatic carbocycles. The maximum absolute atomic E-state index is 11.6. The van der Waals surface area contributed by atoms with Gasteiger partial charge in [0.2, 0.25) is 5.95 Å². The number of fused-ring (bicyclic) bond motifs is 1. The van der Waals surface area contributed by atoms with Gasteiger partial charge in [0.15, 0.2) is 9.84 Å². The molecule has 1 aromatic heterocycles. The summed E-state index contributed by atoms with van der Waals surface area (Å²) in [7, 11) is -3.29. The second-order valence-electron chi connectivity index (χ2n) is 4.82. The van der Waals surface area contributed by atoms with Gasteiger partial charge in [-0.3, -0.25) is 0 Å². The van der Waals surface area contributed by atoms with E-state index in [1.54, 1.807) is 18.2 Å². The van der Waals surface area contributed by atoms with E-state index in [0.29, 0.717) is 27.7 Å². The number of phenols is 1. The fourth-order valence-electron chi connectivity index (χ4n) is 2.01. The van der Waals surface area contributed by atoms with Crippen molar-refractivity contribution in [3.8, 4) is 5.75 Å². The van der Waals surface area contributed by atoms with E-state index in [1.807, 2.05) is 0 Å². The van der Waals surface area contributed by atoms with Crippen LogP contribution in [-0.2, 0) is 9.84 Å². The predicted octanol–water partition coefficient (Wildman–Crippen LogP) is 3.07. The zero-order chi connectivity index (χ0) is 15.9. The molecule has 0 spiro atoms. The summed E-state index contributed by atoms with van der Waals surface area (Å²) in [4.78, 5) is 7.46. The summed E-state index contributed by atoms with van der Waals surface area (Å²) in [5, 5.41) is 13.2. The van der Waals surface area contributed by atoms with Crippen LogP contribution in [0, 0.1) is 0 Å². The van der Waals surface area contributed by atoms with Crippen LogP contribution in [0.4, 0.5) is 11.6 Å². The van der Waals surface area contributed by atoms with Gasteiger partial charge in [0.1, 0.15) is 5.75 Å². The first-order chi connectivity index (χ1) is 10.3. The minimum absolute atomic E-state index is 0.0293. The van der Waals surface area contributed by atoms with Crippen LogP contribution in [-0.4, -0.2) is 29.7 Å². The summed E-state index contributed by atoms with van der Waals surface area (Å²) in [6.45, 7) is 0. The monoisotopic (exact) mass is 337 g/mol. The Bertz CT molecular complexity index is 967. The highest BCUT2D eigenvalue weighted by Crippen LogP contribution is 2.29. The molecule has 1 heterocycles. The molecular weight excluding hydrogens is 326 g/mol. The molecule has 0 atom stereocenters. The number of H-pyrrole nitrogens is 1. The maximum atomic E-state index is 11.6. The number of aromatic hydroxyl groups is 1. The van der Waals surface area contributed by atoms with E-state index in [9.17, 15) is 13.5 Å². The van der Waals surface area contributed by atoms with Crippen molar-refractivity contribution in [2.45, 2.75) is 4.90 Å². The SMILES string of the molecule is CS(=O)(=O)c1ccc2[nH]c(Nc3cc(Cl)ccc3O)nc2c1. The third-order valence-corrected chi connectivity index (χ3v) is 4.44. The van der Waals surface area contributed by atoms with Crippen LogP contribution < -0.4 is 5.32 Å². The van der Waals surface area contributed by atoms with Gasteiger partial charge in [0.05, 0.1) is 21.6 Å². The minimum Gasteiger partial charge on any atom is -0.506 e. The van der Waals surface area contributed by atoms with Crippen LogP contribution in [0.2, 0.25) is 5.02 Å². The Hall–Kier alpha value is -2.25. The normalized spacial score (nSPS) is 11.7. The first-order valence-corrected chi connectivity index (χ1v) is 8.55. The fraction of sp³-hybridized carbons (Fsp3) is 0.0714. The molecule has 3 rings (SSSR count). The van der Waals surface area contributed by atoms with Crippen molar-refractivity contribution in [3.63, 3.8) is 0 Å². The van der Waals surface area contributed by atoms with Gasteiger partial charge in [-0.05, 0) is 36.4 Å². The maximum Gasteiger partial charge on any atom is 0.205 e. The number of benzene rings is 2. The van der Waals surface area contributed by atoms with Gasteiger partial charge in [0, 0.05) is 11.3 Å². The number of aromatic nitrogens is 2. The molecule has 3 aromatic rings. The lowest BCUT2D eigenvalue weighted by molar-refractivity contribution is 0.477. The summed E-state index contributed by atoms with van der Waals surface area (Å²) in [5.41, 5.74) is 1.58. The highest BCUT2D eigenvalue weighted by molar-refractivity contribution is 7.90. The lowest BCUT2D eigenvalue weighted by atomic mass is 10.3. The molecule has 0 aliphatic heterocycles. The van der Waals surface area contributed by atoms with Crippen LogP contribution in [0.15, 0.2) is 41.3 Å². The van der Waals surface area contributed by atoms with E-state index in [4.69, 9.17) is 11.6 Å². The molecule has 0 amide bonds. The predicted molar refractivity (Wildman–Crippen MR) is 85.6 cm³/mol. The van der Waals surface area contributed by atoms with E-state index in [-0.39, 0.29) is 10.6 Å². The van der Waals surface area contributed by atoms with E-state index in [2.05, 4.69) is 15.3 Å². The Kier molecular flexibility index (Phi) is 3.46. The number of hydrogen-bond donors (Lipinski definition) is 3. The summed E-state index contributed by atoms with van der Waals surface area (Å²) >= 11 is 5.88. The molecule has 0 unspecified atom stereocenters. The van der Waals surface area contributed by atoms with Gasteiger partial charge in [-0.25, -0.2) is 13.4 Å². The van der Waals surface area contributed by atoms with Crippen LogP contribution in [0.5, 0.6) is 5.75 Å². The highest BCUT2D eigenvalue weighted by atomic mass is 35.5. The lowest BCUT2D eigenvalue weighted by Crippen LogP contribution is -1.96. The molecule has 8 heteroatoms. The average molecular weight is 338 g/mol.